The van der Waals surface area contributed by atoms with Gasteiger partial charge in [-0.2, -0.15) is 0 Å². The van der Waals surface area contributed by atoms with Gasteiger partial charge in [-0.1, -0.05) is 42.5 Å². The number of benzene rings is 2. The summed E-state index contributed by atoms with van der Waals surface area (Å²) in [6, 6.07) is 19.1. The Morgan fingerprint density at radius 1 is 0.862 bits per heavy atom. The summed E-state index contributed by atoms with van der Waals surface area (Å²) in [5, 5.41) is 5.52. The van der Waals surface area contributed by atoms with Crippen molar-refractivity contribution in [1.82, 2.24) is 10.3 Å². The van der Waals surface area contributed by atoms with E-state index in [1.165, 1.54) is 13.0 Å². The van der Waals surface area contributed by atoms with E-state index >= 15 is 0 Å². The van der Waals surface area contributed by atoms with Gasteiger partial charge >= 0.3 is 0 Å². The molecule has 0 spiro atoms. The maximum Gasteiger partial charge on any atom is 0.274 e. The lowest BCUT2D eigenvalue weighted by Gasteiger charge is -2.09. The lowest BCUT2D eigenvalue weighted by Crippen LogP contribution is -2.25. The van der Waals surface area contributed by atoms with Crippen molar-refractivity contribution < 1.29 is 14.4 Å². The molecule has 0 saturated carbocycles. The van der Waals surface area contributed by atoms with E-state index in [0.29, 0.717) is 17.8 Å². The molecule has 0 atom stereocenters. The number of nitrogens with one attached hydrogen (secondary N) is 2. The summed E-state index contributed by atoms with van der Waals surface area (Å²) in [5.74, 6) is -0.910. The third kappa shape index (κ3) is 5.13. The third-order valence-electron chi connectivity index (χ3n) is 4.44. The van der Waals surface area contributed by atoms with E-state index in [1.54, 1.807) is 36.4 Å². The van der Waals surface area contributed by atoms with Crippen molar-refractivity contribution in [2.24, 2.45) is 0 Å². The lowest BCUT2D eigenvalue weighted by atomic mass is 10.1. The summed E-state index contributed by atoms with van der Waals surface area (Å²) in [5.41, 5.74) is 3.35. The average molecular weight is 387 g/mol. The fourth-order valence-corrected chi connectivity index (χ4v) is 2.77. The Labute approximate surface area is 169 Å². The summed E-state index contributed by atoms with van der Waals surface area (Å²) in [4.78, 5) is 40.6. The average Bonchev–Trinajstić information content (AvgIpc) is 2.73. The van der Waals surface area contributed by atoms with Crippen molar-refractivity contribution >= 4 is 23.3 Å². The number of anilines is 1. The standard InChI is InChI=1S/C23H21N3O3/c1-15-7-3-4-8-18(15)14-24-22(28)20-11-6-12-21(26-20)23(29)25-19-10-5-9-17(13-19)16(2)27/h3-13H,14H2,1-2H3,(H,24,28)(H,25,29). The normalized spacial score (nSPS) is 10.3. The second-order valence-corrected chi connectivity index (χ2v) is 6.61. The molecule has 6 nitrogen and oxygen atoms in total. The summed E-state index contributed by atoms with van der Waals surface area (Å²) in [7, 11) is 0. The highest BCUT2D eigenvalue weighted by Gasteiger charge is 2.13. The number of carbonyl (C=O) groups excluding carboxylic acids is 3. The van der Waals surface area contributed by atoms with Crippen LogP contribution in [0.5, 0.6) is 0 Å². The quantitative estimate of drug-likeness (QED) is 0.630. The SMILES string of the molecule is CC(=O)c1cccc(NC(=O)c2cccc(C(=O)NCc3ccccc3C)n2)c1. The van der Waals surface area contributed by atoms with E-state index in [4.69, 9.17) is 0 Å². The fraction of sp³-hybridized carbons (Fsp3) is 0.130. The molecule has 0 saturated heterocycles. The molecule has 0 aliphatic rings. The number of aryl methyl sites for hydroxylation is 1. The van der Waals surface area contributed by atoms with Crippen LogP contribution in [0.1, 0.15) is 49.4 Å². The summed E-state index contributed by atoms with van der Waals surface area (Å²) in [6.45, 7) is 3.81. The number of amides is 2. The van der Waals surface area contributed by atoms with Crippen LogP contribution in [0.4, 0.5) is 5.69 Å². The predicted octanol–water partition coefficient (Wildman–Crippen LogP) is 3.77. The van der Waals surface area contributed by atoms with Gasteiger partial charge in [-0.05, 0) is 49.2 Å². The van der Waals surface area contributed by atoms with Gasteiger partial charge in [0.25, 0.3) is 11.8 Å². The van der Waals surface area contributed by atoms with Crippen molar-refractivity contribution in [3.8, 4) is 0 Å². The number of pyridine rings is 1. The molecule has 0 aliphatic carbocycles. The van der Waals surface area contributed by atoms with Crippen LogP contribution in [0.25, 0.3) is 0 Å². The number of carbonyl (C=O) groups is 3. The molecule has 3 rings (SSSR count). The van der Waals surface area contributed by atoms with Gasteiger partial charge in [0.05, 0.1) is 0 Å². The number of Topliss-reactive ketones (excluding diaryl/α,β-unsaturated/α-hetero) is 1. The molecular weight excluding hydrogens is 366 g/mol. The Morgan fingerprint density at radius 2 is 1.55 bits per heavy atom. The van der Waals surface area contributed by atoms with Crippen LogP contribution < -0.4 is 10.6 Å². The van der Waals surface area contributed by atoms with Gasteiger partial charge in [0.15, 0.2) is 5.78 Å². The van der Waals surface area contributed by atoms with Crippen molar-refractivity contribution in [3.05, 3.63) is 94.8 Å². The molecular formula is C23H21N3O3. The Kier molecular flexibility index (Phi) is 6.14. The van der Waals surface area contributed by atoms with Crippen molar-refractivity contribution in [2.45, 2.75) is 20.4 Å². The Morgan fingerprint density at radius 3 is 2.28 bits per heavy atom. The van der Waals surface area contributed by atoms with E-state index < -0.39 is 5.91 Å². The Balaban J connectivity index is 1.69. The van der Waals surface area contributed by atoms with Crippen LogP contribution in [-0.4, -0.2) is 22.6 Å². The second-order valence-electron chi connectivity index (χ2n) is 6.61. The molecule has 0 radical (unpaired) electrons. The van der Waals surface area contributed by atoms with E-state index in [-0.39, 0.29) is 23.1 Å². The van der Waals surface area contributed by atoms with Gasteiger partial charge in [-0.25, -0.2) is 4.98 Å². The molecule has 0 bridgehead atoms. The topological polar surface area (TPSA) is 88.2 Å². The first-order chi connectivity index (χ1) is 13.9. The minimum atomic E-state index is -0.459. The molecule has 2 N–H and O–H groups in total. The van der Waals surface area contributed by atoms with Crippen LogP contribution in [0.15, 0.2) is 66.7 Å². The van der Waals surface area contributed by atoms with Gasteiger partial charge in [-0.15, -0.1) is 0 Å². The molecule has 2 amide bonds. The molecule has 6 heteroatoms. The molecule has 0 aliphatic heterocycles. The van der Waals surface area contributed by atoms with E-state index in [0.717, 1.165) is 11.1 Å². The van der Waals surface area contributed by atoms with Gasteiger partial charge < -0.3 is 10.6 Å². The fourth-order valence-electron chi connectivity index (χ4n) is 2.77. The largest absolute Gasteiger partial charge is 0.347 e. The first kappa shape index (κ1) is 19.9. The number of hydrogen-bond acceptors (Lipinski definition) is 4. The molecule has 0 fully saturated rings. The van der Waals surface area contributed by atoms with Crippen LogP contribution in [0.2, 0.25) is 0 Å². The highest BCUT2D eigenvalue weighted by molar-refractivity contribution is 6.04. The Hall–Kier alpha value is -3.80. The summed E-state index contributed by atoms with van der Waals surface area (Å²) >= 11 is 0. The Bertz CT molecular complexity index is 1080. The zero-order valence-electron chi connectivity index (χ0n) is 16.2. The van der Waals surface area contributed by atoms with Gasteiger partial charge in [-0.3, -0.25) is 14.4 Å². The number of rotatable bonds is 6. The van der Waals surface area contributed by atoms with Gasteiger partial charge in [0.1, 0.15) is 11.4 Å². The molecule has 2 aromatic carbocycles. The maximum atomic E-state index is 12.5. The first-order valence-electron chi connectivity index (χ1n) is 9.16. The second kappa shape index (κ2) is 8.93. The van der Waals surface area contributed by atoms with Gasteiger partial charge in [0, 0.05) is 17.8 Å². The maximum absolute atomic E-state index is 12.5. The molecule has 3 aromatic rings. The number of ketones is 1. The van der Waals surface area contributed by atoms with E-state index in [2.05, 4.69) is 15.6 Å². The van der Waals surface area contributed by atoms with Crippen LogP contribution >= 0.6 is 0 Å². The zero-order chi connectivity index (χ0) is 20.8. The molecule has 0 unspecified atom stereocenters. The van der Waals surface area contributed by atoms with Crippen molar-refractivity contribution in [3.63, 3.8) is 0 Å². The number of hydrogen-bond donors (Lipinski definition) is 2. The lowest BCUT2D eigenvalue weighted by molar-refractivity contribution is 0.0944. The number of nitrogens with zero attached hydrogens (tertiary/aromatic N) is 1. The molecule has 1 aromatic heterocycles. The zero-order valence-corrected chi connectivity index (χ0v) is 16.2. The summed E-state index contributed by atoms with van der Waals surface area (Å²) < 4.78 is 0. The minimum Gasteiger partial charge on any atom is -0.347 e. The van der Waals surface area contributed by atoms with Crippen molar-refractivity contribution in [2.75, 3.05) is 5.32 Å². The summed E-state index contributed by atoms with van der Waals surface area (Å²) in [6.07, 6.45) is 0. The first-order valence-corrected chi connectivity index (χ1v) is 9.16. The smallest absolute Gasteiger partial charge is 0.274 e. The van der Waals surface area contributed by atoms with E-state index in [9.17, 15) is 14.4 Å². The molecule has 29 heavy (non-hydrogen) atoms. The highest BCUT2D eigenvalue weighted by atomic mass is 16.2. The highest BCUT2D eigenvalue weighted by Crippen LogP contribution is 2.13. The molecule has 146 valence electrons. The molecule has 1 heterocycles. The minimum absolute atomic E-state index is 0.0912. The van der Waals surface area contributed by atoms with Crippen LogP contribution in [0, 0.1) is 6.92 Å². The van der Waals surface area contributed by atoms with Crippen LogP contribution in [0.3, 0.4) is 0 Å². The van der Waals surface area contributed by atoms with Gasteiger partial charge in [0.2, 0.25) is 0 Å². The monoisotopic (exact) mass is 387 g/mol. The third-order valence-corrected chi connectivity index (χ3v) is 4.44. The predicted molar refractivity (Wildman–Crippen MR) is 111 cm³/mol. The van der Waals surface area contributed by atoms with Crippen LogP contribution in [-0.2, 0) is 6.54 Å². The number of aromatic nitrogens is 1. The van der Waals surface area contributed by atoms with E-state index in [1.807, 2.05) is 31.2 Å². The van der Waals surface area contributed by atoms with Crippen molar-refractivity contribution in [1.29, 1.82) is 0 Å².